The molecule has 0 aliphatic carbocycles. The molecule has 0 N–H and O–H groups in total. The van der Waals surface area contributed by atoms with Gasteiger partial charge in [0.25, 0.3) is 5.91 Å². The van der Waals surface area contributed by atoms with Crippen LogP contribution in [0.25, 0.3) is 10.4 Å². The Balaban J connectivity index is 2.29. The van der Waals surface area contributed by atoms with Crippen molar-refractivity contribution in [2.24, 2.45) is 0 Å². The topological polar surface area (TPSA) is 20.3 Å². The third-order valence-electron chi connectivity index (χ3n) is 2.97. The zero-order chi connectivity index (χ0) is 16.3. The second kappa shape index (κ2) is 6.24. The number of carbonyl (C=O) groups excluding carboxylic acids is 1. The fourth-order valence-corrected chi connectivity index (χ4v) is 2.85. The minimum Gasteiger partial charge on any atom is -0.330 e. The third kappa shape index (κ3) is 3.49. The van der Waals surface area contributed by atoms with Crippen molar-refractivity contribution in [3.63, 3.8) is 0 Å². The first-order chi connectivity index (χ1) is 10.3. The molecule has 2 aromatic rings. The van der Waals surface area contributed by atoms with Gasteiger partial charge in [0.1, 0.15) is 0 Å². The second-order valence-electron chi connectivity index (χ2n) is 4.61. The van der Waals surface area contributed by atoms with Crippen LogP contribution in [0.15, 0.2) is 36.4 Å². The zero-order valence-corrected chi connectivity index (χ0v) is 12.5. The monoisotopic (exact) mass is 323 g/mol. The van der Waals surface area contributed by atoms with Crippen LogP contribution in [0.5, 0.6) is 0 Å². The smallest absolute Gasteiger partial charge is 0.330 e. The Morgan fingerprint density at radius 1 is 1.32 bits per heavy atom. The summed E-state index contributed by atoms with van der Waals surface area (Å²) < 4.78 is 38.2. The van der Waals surface area contributed by atoms with Gasteiger partial charge in [0.2, 0.25) is 0 Å². The van der Waals surface area contributed by atoms with Crippen molar-refractivity contribution in [2.45, 2.75) is 6.18 Å². The van der Waals surface area contributed by atoms with Gasteiger partial charge in [-0.2, -0.15) is 13.2 Å². The Labute approximate surface area is 130 Å². The van der Waals surface area contributed by atoms with Gasteiger partial charge in [-0.1, -0.05) is 18.1 Å². The van der Waals surface area contributed by atoms with Crippen LogP contribution < -0.4 is 0 Å². The average Bonchev–Trinajstić information content (AvgIpc) is 2.95. The summed E-state index contributed by atoms with van der Waals surface area (Å²) in [6.07, 6.45) is 0.762. The van der Waals surface area contributed by atoms with E-state index in [0.717, 1.165) is 23.5 Å². The molecule has 114 valence electrons. The molecule has 0 saturated carbocycles. The van der Waals surface area contributed by atoms with Gasteiger partial charge in [-0.05, 0) is 29.8 Å². The predicted octanol–water partition coefficient (Wildman–Crippen LogP) is 4.14. The lowest BCUT2D eigenvalue weighted by atomic mass is 10.1. The maximum atomic E-state index is 12.7. The number of alkyl halides is 3. The molecule has 22 heavy (non-hydrogen) atoms. The summed E-state index contributed by atoms with van der Waals surface area (Å²) in [5, 5.41) is 0. The lowest BCUT2D eigenvalue weighted by Gasteiger charge is -2.11. The quantitative estimate of drug-likeness (QED) is 0.778. The van der Waals surface area contributed by atoms with Gasteiger partial charge in [0.05, 0.1) is 17.0 Å². The van der Waals surface area contributed by atoms with Gasteiger partial charge < -0.3 is 4.90 Å². The van der Waals surface area contributed by atoms with Crippen LogP contribution in [-0.2, 0) is 6.18 Å². The summed E-state index contributed by atoms with van der Waals surface area (Å²) in [5.74, 6) is 2.12. The molecular weight excluding hydrogens is 311 g/mol. The largest absolute Gasteiger partial charge is 0.416 e. The highest BCUT2D eigenvalue weighted by molar-refractivity contribution is 7.17. The number of terminal acetylenes is 1. The molecule has 1 amide bonds. The van der Waals surface area contributed by atoms with E-state index in [0.29, 0.717) is 15.3 Å². The van der Waals surface area contributed by atoms with E-state index in [2.05, 4.69) is 5.92 Å². The standard InChI is InChI=1S/C16H12F3NOS/c1-3-9-20(2)15(21)14-8-7-13(22-14)11-5-4-6-12(10-11)16(17,18)19/h1,4-8,10H,9H2,2H3. The van der Waals surface area contributed by atoms with E-state index in [9.17, 15) is 18.0 Å². The first-order valence-electron chi connectivity index (χ1n) is 6.29. The van der Waals surface area contributed by atoms with Crippen LogP contribution in [0.2, 0.25) is 0 Å². The van der Waals surface area contributed by atoms with Crippen LogP contribution >= 0.6 is 11.3 Å². The van der Waals surface area contributed by atoms with E-state index in [1.807, 2.05) is 0 Å². The van der Waals surface area contributed by atoms with Crippen LogP contribution in [0.3, 0.4) is 0 Å². The SMILES string of the molecule is C#CCN(C)C(=O)c1ccc(-c2cccc(C(F)(F)F)c2)s1. The molecule has 0 spiro atoms. The van der Waals surface area contributed by atoms with Crippen molar-refractivity contribution in [1.29, 1.82) is 0 Å². The number of benzene rings is 1. The number of rotatable bonds is 3. The first-order valence-corrected chi connectivity index (χ1v) is 7.11. The summed E-state index contributed by atoms with van der Waals surface area (Å²) in [7, 11) is 1.58. The number of hydrogen-bond acceptors (Lipinski definition) is 2. The fraction of sp³-hybridized carbons (Fsp3) is 0.188. The van der Waals surface area contributed by atoms with Crippen molar-refractivity contribution >= 4 is 17.2 Å². The molecule has 1 aromatic carbocycles. The molecule has 0 unspecified atom stereocenters. The Bertz CT molecular complexity index is 727. The van der Waals surface area contributed by atoms with E-state index < -0.39 is 11.7 Å². The molecule has 2 rings (SSSR count). The molecule has 0 saturated heterocycles. The Morgan fingerprint density at radius 2 is 2.05 bits per heavy atom. The fourth-order valence-electron chi connectivity index (χ4n) is 1.85. The van der Waals surface area contributed by atoms with Crippen LogP contribution in [0.1, 0.15) is 15.2 Å². The zero-order valence-electron chi connectivity index (χ0n) is 11.6. The molecule has 0 aliphatic rings. The van der Waals surface area contributed by atoms with Crippen LogP contribution in [-0.4, -0.2) is 24.4 Å². The molecule has 0 aliphatic heterocycles. The minimum atomic E-state index is -4.39. The molecule has 0 bridgehead atoms. The molecule has 6 heteroatoms. The number of halogens is 3. The summed E-state index contributed by atoms with van der Waals surface area (Å²) in [6, 6.07) is 8.26. The van der Waals surface area contributed by atoms with Crippen molar-refractivity contribution in [2.75, 3.05) is 13.6 Å². The molecule has 1 aromatic heterocycles. The highest BCUT2D eigenvalue weighted by atomic mass is 32.1. The van der Waals surface area contributed by atoms with E-state index in [1.165, 1.54) is 11.0 Å². The molecule has 1 heterocycles. The van der Waals surface area contributed by atoms with Gasteiger partial charge in [-0.25, -0.2) is 0 Å². The molecule has 0 atom stereocenters. The second-order valence-corrected chi connectivity index (χ2v) is 5.69. The van der Waals surface area contributed by atoms with E-state index in [-0.39, 0.29) is 12.5 Å². The lowest BCUT2D eigenvalue weighted by molar-refractivity contribution is -0.137. The van der Waals surface area contributed by atoms with Gasteiger partial charge in [0.15, 0.2) is 0 Å². The van der Waals surface area contributed by atoms with Gasteiger partial charge in [0, 0.05) is 11.9 Å². The van der Waals surface area contributed by atoms with Gasteiger partial charge >= 0.3 is 6.18 Å². The summed E-state index contributed by atoms with van der Waals surface area (Å²) in [5.41, 5.74) is -0.283. The lowest BCUT2D eigenvalue weighted by Crippen LogP contribution is -2.26. The summed E-state index contributed by atoms with van der Waals surface area (Å²) >= 11 is 1.14. The summed E-state index contributed by atoms with van der Waals surface area (Å²) in [6.45, 7) is 0.176. The third-order valence-corrected chi connectivity index (χ3v) is 4.09. The van der Waals surface area contributed by atoms with Crippen molar-refractivity contribution in [3.8, 4) is 22.8 Å². The number of thiophene rings is 1. The van der Waals surface area contributed by atoms with Crippen LogP contribution in [0, 0.1) is 12.3 Å². The van der Waals surface area contributed by atoms with Crippen molar-refractivity contribution in [3.05, 3.63) is 46.8 Å². The maximum absolute atomic E-state index is 12.7. The molecule has 0 radical (unpaired) electrons. The van der Waals surface area contributed by atoms with E-state index in [1.54, 1.807) is 25.2 Å². The minimum absolute atomic E-state index is 0.176. The highest BCUT2D eigenvalue weighted by Gasteiger charge is 2.30. The number of hydrogen-bond donors (Lipinski definition) is 0. The summed E-state index contributed by atoms with van der Waals surface area (Å²) in [4.78, 5) is 14.5. The Kier molecular flexibility index (Phi) is 4.57. The van der Waals surface area contributed by atoms with Crippen molar-refractivity contribution < 1.29 is 18.0 Å². The molecular formula is C16H12F3NOS. The Hall–Kier alpha value is -2.26. The number of amides is 1. The van der Waals surface area contributed by atoms with Gasteiger partial charge in [-0.3, -0.25) is 4.79 Å². The van der Waals surface area contributed by atoms with Gasteiger partial charge in [-0.15, -0.1) is 17.8 Å². The highest BCUT2D eigenvalue weighted by Crippen LogP contribution is 2.34. The molecule has 2 nitrogen and oxygen atoms in total. The molecule has 0 fully saturated rings. The van der Waals surface area contributed by atoms with E-state index >= 15 is 0 Å². The number of carbonyl (C=O) groups is 1. The Morgan fingerprint density at radius 3 is 2.68 bits per heavy atom. The number of nitrogens with zero attached hydrogens (tertiary/aromatic N) is 1. The first kappa shape index (κ1) is 16.1. The maximum Gasteiger partial charge on any atom is 0.416 e. The normalized spacial score (nSPS) is 11.0. The predicted molar refractivity (Wildman–Crippen MR) is 80.6 cm³/mol. The van der Waals surface area contributed by atoms with Crippen LogP contribution in [0.4, 0.5) is 13.2 Å². The van der Waals surface area contributed by atoms with E-state index in [4.69, 9.17) is 6.42 Å². The average molecular weight is 323 g/mol. The van der Waals surface area contributed by atoms with Crippen molar-refractivity contribution in [1.82, 2.24) is 4.90 Å².